The van der Waals surface area contributed by atoms with Gasteiger partial charge in [-0.2, -0.15) is 0 Å². The molecule has 0 saturated carbocycles. The first kappa shape index (κ1) is 14.2. The Morgan fingerprint density at radius 2 is 2.16 bits per heavy atom. The first-order valence-corrected chi connectivity index (χ1v) is 6.89. The summed E-state index contributed by atoms with van der Waals surface area (Å²) >= 11 is 0. The van der Waals surface area contributed by atoms with Crippen molar-refractivity contribution in [2.45, 2.75) is 44.8 Å². The van der Waals surface area contributed by atoms with Crippen molar-refractivity contribution >= 4 is 5.95 Å². The molecule has 2 unspecified atom stereocenters. The molecule has 19 heavy (non-hydrogen) atoms. The van der Waals surface area contributed by atoms with Crippen molar-refractivity contribution in [2.24, 2.45) is 5.73 Å². The molecule has 0 bridgehead atoms. The fourth-order valence-electron chi connectivity index (χ4n) is 2.53. The second kappa shape index (κ2) is 5.84. The number of piperidine rings is 1. The summed E-state index contributed by atoms with van der Waals surface area (Å²) in [6.45, 7) is 5.97. The molecule has 2 N–H and O–H groups in total. The van der Waals surface area contributed by atoms with Gasteiger partial charge < -0.3 is 15.4 Å². The summed E-state index contributed by atoms with van der Waals surface area (Å²) in [6, 6.07) is 0.140. The van der Waals surface area contributed by atoms with Crippen LogP contribution in [0.4, 0.5) is 5.95 Å². The maximum atomic E-state index is 5.78. The van der Waals surface area contributed by atoms with E-state index in [1.165, 1.54) is 0 Å². The Morgan fingerprint density at radius 3 is 2.74 bits per heavy atom. The van der Waals surface area contributed by atoms with Crippen molar-refractivity contribution in [2.75, 3.05) is 25.1 Å². The summed E-state index contributed by atoms with van der Waals surface area (Å²) in [5.74, 6) is 0.788. The lowest BCUT2D eigenvalue weighted by Crippen LogP contribution is -2.48. The molecule has 1 aliphatic rings. The zero-order valence-corrected chi connectivity index (χ0v) is 12.1. The van der Waals surface area contributed by atoms with Crippen LogP contribution >= 0.6 is 0 Å². The van der Waals surface area contributed by atoms with Gasteiger partial charge in [0.2, 0.25) is 5.95 Å². The van der Waals surface area contributed by atoms with Crippen LogP contribution in [0, 0.1) is 0 Å². The lowest BCUT2D eigenvalue weighted by molar-refractivity contribution is -0.00498. The van der Waals surface area contributed by atoms with E-state index in [9.17, 15) is 0 Å². The molecule has 1 saturated heterocycles. The summed E-state index contributed by atoms with van der Waals surface area (Å²) in [5.41, 5.74) is 6.77. The van der Waals surface area contributed by atoms with Crippen LogP contribution in [-0.4, -0.2) is 41.8 Å². The number of aromatic nitrogens is 2. The maximum absolute atomic E-state index is 5.78. The number of rotatable bonds is 4. The predicted octanol–water partition coefficient (Wildman–Crippen LogP) is 1.37. The molecule has 1 aromatic heterocycles. The van der Waals surface area contributed by atoms with Crippen LogP contribution in [0.3, 0.4) is 0 Å². The number of hydrogen-bond donors (Lipinski definition) is 1. The Kier molecular flexibility index (Phi) is 4.37. The summed E-state index contributed by atoms with van der Waals surface area (Å²) < 4.78 is 5.59. The third-order valence-electron chi connectivity index (χ3n) is 3.68. The first-order valence-electron chi connectivity index (χ1n) is 6.89. The summed E-state index contributed by atoms with van der Waals surface area (Å²) in [6.07, 6.45) is 6.77. The second-order valence-corrected chi connectivity index (χ2v) is 5.75. The number of nitrogens with two attached hydrogens (primary N) is 1. The van der Waals surface area contributed by atoms with E-state index in [2.05, 4.69) is 21.8 Å². The van der Waals surface area contributed by atoms with Gasteiger partial charge in [-0.05, 0) is 38.7 Å². The number of ether oxygens (including phenoxy) is 1. The van der Waals surface area contributed by atoms with Gasteiger partial charge in [0.05, 0.1) is 5.60 Å². The SMILES string of the molecule is COC1(C)CCCN(c2ncc(CC(C)N)cn2)C1. The van der Waals surface area contributed by atoms with E-state index in [0.717, 1.165) is 43.9 Å². The van der Waals surface area contributed by atoms with Gasteiger partial charge in [-0.15, -0.1) is 0 Å². The van der Waals surface area contributed by atoms with Crippen molar-refractivity contribution in [1.29, 1.82) is 0 Å². The molecule has 2 heterocycles. The van der Waals surface area contributed by atoms with E-state index in [4.69, 9.17) is 10.5 Å². The normalized spacial score (nSPS) is 25.4. The van der Waals surface area contributed by atoms with Crippen LogP contribution in [0.15, 0.2) is 12.4 Å². The highest BCUT2D eigenvalue weighted by Gasteiger charge is 2.31. The Hall–Kier alpha value is -1.20. The predicted molar refractivity (Wildman–Crippen MR) is 76.2 cm³/mol. The highest BCUT2D eigenvalue weighted by molar-refractivity contribution is 5.32. The van der Waals surface area contributed by atoms with E-state index < -0.39 is 0 Å². The van der Waals surface area contributed by atoms with Gasteiger partial charge >= 0.3 is 0 Å². The molecule has 2 rings (SSSR count). The van der Waals surface area contributed by atoms with E-state index in [1.807, 2.05) is 19.3 Å². The van der Waals surface area contributed by atoms with Crippen LogP contribution in [0.1, 0.15) is 32.3 Å². The second-order valence-electron chi connectivity index (χ2n) is 5.75. The molecule has 0 radical (unpaired) electrons. The minimum Gasteiger partial charge on any atom is -0.377 e. The molecular formula is C14H24N4O. The number of hydrogen-bond acceptors (Lipinski definition) is 5. The van der Waals surface area contributed by atoms with Gasteiger partial charge in [0, 0.05) is 38.6 Å². The van der Waals surface area contributed by atoms with E-state index in [1.54, 1.807) is 7.11 Å². The highest BCUT2D eigenvalue weighted by atomic mass is 16.5. The Morgan fingerprint density at radius 1 is 1.47 bits per heavy atom. The summed E-state index contributed by atoms with van der Waals surface area (Å²) in [4.78, 5) is 11.1. The fourth-order valence-corrected chi connectivity index (χ4v) is 2.53. The molecule has 0 amide bonds. The molecule has 0 spiro atoms. The monoisotopic (exact) mass is 264 g/mol. The number of nitrogens with zero attached hydrogens (tertiary/aromatic N) is 3. The molecule has 5 heteroatoms. The Balaban J connectivity index is 2.05. The van der Waals surface area contributed by atoms with Crippen molar-refractivity contribution in [3.05, 3.63) is 18.0 Å². The lowest BCUT2D eigenvalue weighted by atomic mass is 9.95. The Bertz CT molecular complexity index is 406. The van der Waals surface area contributed by atoms with Crippen molar-refractivity contribution in [3.63, 3.8) is 0 Å². The molecule has 0 aromatic carbocycles. The lowest BCUT2D eigenvalue weighted by Gasteiger charge is -2.39. The molecule has 2 atom stereocenters. The Labute approximate surface area is 115 Å². The molecule has 1 aliphatic heterocycles. The highest BCUT2D eigenvalue weighted by Crippen LogP contribution is 2.25. The van der Waals surface area contributed by atoms with Crippen LogP contribution in [0.25, 0.3) is 0 Å². The zero-order chi connectivity index (χ0) is 13.9. The minimum absolute atomic E-state index is 0.0912. The number of methoxy groups -OCH3 is 1. The quantitative estimate of drug-likeness (QED) is 0.890. The minimum atomic E-state index is -0.0912. The zero-order valence-electron chi connectivity index (χ0n) is 12.1. The number of anilines is 1. The largest absolute Gasteiger partial charge is 0.377 e. The maximum Gasteiger partial charge on any atom is 0.225 e. The van der Waals surface area contributed by atoms with Gasteiger partial charge in [-0.25, -0.2) is 9.97 Å². The van der Waals surface area contributed by atoms with Crippen LogP contribution in [0.5, 0.6) is 0 Å². The van der Waals surface area contributed by atoms with Crippen LogP contribution < -0.4 is 10.6 Å². The average molecular weight is 264 g/mol. The molecule has 1 aromatic rings. The standard InChI is InChI=1S/C14H24N4O/c1-11(15)7-12-8-16-13(17-9-12)18-6-4-5-14(2,10-18)19-3/h8-9,11H,4-7,10,15H2,1-3H3. The van der Waals surface area contributed by atoms with E-state index in [-0.39, 0.29) is 11.6 Å². The van der Waals surface area contributed by atoms with Gasteiger partial charge in [-0.1, -0.05) is 0 Å². The van der Waals surface area contributed by atoms with Crippen LogP contribution in [-0.2, 0) is 11.2 Å². The van der Waals surface area contributed by atoms with Gasteiger partial charge in [0.1, 0.15) is 0 Å². The van der Waals surface area contributed by atoms with E-state index in [0.29, 0.717) is 0 Å². The molecule has 5 nitrogen and oxygen atoms in total. The van der Waals surface area contributed by atoms with Crippen molar-refractivity contribution in [1.82, 2.24) is 9.97 Å². The van der Waals surface area contributed by atoms with E-state index >= 15 is 0 Å². The van der Waals surface area contributed by atoms with Gasteiger partial charge in [0.15, 0.2) is 0 Å². The van der Waals surface area contributed by atoms with Gasteiger partial charge in [-0.3, -0.25) is 0 Å². The fraction of sp³-hybridized carbons (Fsp3) is 0.714. The smallest absolute Gasteiger partial charge is 0.225 e. The first-order chi connectivity index (χ1) is 9.02. The third kappa shape index (κ3) is 3.64. The topological polar surface area (TPSA) is 64.3 Å². The van der Waals surface area contributed by atoms with Crippen LogP contribution in [0.2, 0.25) is 0 Å². The molecule has 106 valence electrons. The average Bonchev–Trinajstić information content (AvgIpc) is 2.39. The third-order valence-corrected chi connectivity index (χ3v) is 3.68. The summed E-state index contributed by atoms with van der Waals surface area (Å²) in [7, 11) is 1.77. The summed E-state index contributed by atoms with van der Waals surface area (Å²) in [5, 5.41) is 0. The molecular weight excluding hydrogens is 240 g/mol. The molecule has 0 aliphatic carbocycles. The van der Waals surface area contributed by atoms with Gasteiger partial charge in [0.25, 0.3) is 0 Å². The van der Waals surface area contributed by atoms with Crippen molar-refractivity contribution < 1.29 is 4.74 Å². The molecule has 1 fully saturated rings. The van der Waals surface area contributed by atoms with Crippen molar-refractivity contribution in [3.8, 4) is 0 Å².